The van der Waals surface area contributed by atoms with Crippen LogP contribution in [0.3, 0.4) is 0 Å². The predicted molar refractivity (Wildman–Crippen MR) is 100 cm³/mol. The number of nitrogens with one attached hydrogen (secondary N) is 1. The summed E-state index contributed by atoms with van der Waals surface area (Å²) in [6.07, 6.45) is 3.65. The van der Waals surface area contributed by atoms with Gasteiger partial charge in [-0.1, -0.05) is 50.6 Å². The molecule has 0 radical (unpaired) electrons. The Hall–Kier alpha value is -2.00. The van der Waals surface area contributed by atoms with E-state index in [9.17, 15) is 0 Å². The summed E-state index contributed by atoms with van der Waals surface area (Å²) < 4.78 is 0. The van der Waals surface area contributed by atoms with Crippen LogP contribution in [0.15, 0.2) is 53.7 Å². The van der Waals surface area contributed by atoms with Crippen molar-refractivity contribution in [3.8, 4) is 22.4 Å². The zero-order valence-electron chi connectivity index (χ0n) is 14.0. The average Bonchev–Trinajstić information content (AvgIpc) is 2.86. The summed E-state index contributed by atoms with van der Waals surface area (Å²) in [4.78, 5) is 8.78. The molecule has 0 atom stereocenters. The summed E-state index contributed by atoms with van der Waals surface area (Å²) in [5.41, 5.74) is 6.98. The van der Waals surface area contributed by atoms with E-state index in [0.29, 0.717) is 0 Å². The molecule has 3 rings (SSSR count). The zero-order valence-corrected chi connectivity index (χ0v) is 14.9. The lowest BCUT2D eigenvalue weighted by Crippen LogP contribution is -2.12. The molecule has 118 valence electrons. The molecule has 23 heavy (non-hydrogen) atoms. The van der Waals surface area contributed by atoms with Gasteiger partial charge in [0.2, 0.25) is 0 Å². The van der Waals surface area contributed by atoms with Crippen molar-refractivity contribution in [2.45, 2.75) is 38.0 Å². The first-order valence-electron chi connectivity index (χ1n) is 7.81. The number of H-pyrrole nitrogens is 1. The Morgan fingerprint density at radius 3 is 2.09 bits per heavy atom. The first-order valence-corrected chi connectivity index (χ1v) is 8.25. The molecule has 0 spiro atoms. The molecule has 3 aromatic rings. The molecule has 0 amide bonds. The van der Waals surface area contributed by atoms with Crippen molar-refractivity contribution >= 4 is 12.6 Å². The van der Waals surface area contributed by atoms with Crippen LogP contribution in [0.25, 0.3) is 22.4 Å². The van der Waals surface area contributed by atoms with E-state index in [2.05, 4.69) is 61.9 Å². The van der Waals surface area contributed by atoms with Crippen molar-refractivity contribution in [3.05, 3.63) is 60.0 Å². The predicted octanol–water partition coefficient (Wildman–Crippen LogP) is 5.64. The van der Waals surface area contributed by atoms with Crippen LogP contribution in [0.4, 0.5) is 0 Å². The van der Waals surface area contributed by atoms with Crippen molar-refractivity contribution in [2.75, 3.05) is 0 Å². The number of aromatic nitrogens is 2. The van der Waals surface area contributed by atoms with Gasteiger partial charge in [0.15, 0.2) is 0 Å². The third kappa shape index (κ3) is 3.06. The minimum atomic E-state index is 0.00180. The molecule has 0 saturated carbocycles. The molecule has 1 aromatic carbocycles. The number of thiol groups is 1. The maximum Gasteiger partial charge on any atom is 0.0547 e. The van der Waals surface area contributed by atoms with E-state index >= 15 is 0 Å². The molecule has 2 nitrogen and oxygen atoms in total. The van der Waals surface area contributed by atoms with E-state index in [4.69, 9.17) is 12.6 Å². The maximum atomic E-state index is 4.86. The lowest BCUT2D eigenvalue weighted by Gasteiger charge is -2.17. The van der Waals surface area contributed by atoms with Gasteiger partial charge in [-0.25, -0.2) is 0 Å². The van der Waals surface area contributed by atoms with E-state index in [0.717, 1.165) is 27.4 Å². The SMILES string of the molecule is Cc1ccc(-c2[nH]c(C(C)(C)C)c(S)c2-c2ccncc2)cc1. The summed E-state index contributed by atoms with van der Waals surface area (Å²) in [6, 6.07) is 12.7. The molecule has 0 bridgehead atoms. The third-order valence-corrected chi connectivity index (χ3v) is 4.48. The fourth-order valence-corrected chi connectivity index (χ4v) is 3.40. The Bertz CT molecular complexity index is 809. The van der Waals surface area contributed by atoms with Crippen molar-refractivity contribution in [3.63, 3.8) is 0 Å². The quantitative estimate of drug-likeness (QED) is 0.587. The highest BCUT2D eigenvalue weighted by atomic mass is 32.1. The molecule has 2 aromatic heterocycles. The second kappa shape index (κ2) is 5.89. The molecule has 1 N–H and O–H groups in total. The van der Waals surface area contributed by atoms with Crippen molar-refractivity contribution < 1.29 is 0 Å². The highest BCUT2D eigenvalue weighted by Crippen LogP contribution is 2.42. The Morgan fingerprint density at radius 2 is 1.52 bits per heavy atom. The molecule has 0 saturated heterocycles. The van der Waals surface area contributed by atoms with Gasteiger partial charge in [-0.15, -0.1) is 12.6 Å². The van der Waals surface area contributed by atoms with Crippen LogP contribution >= 0.6 is 12.6 Å². The minimum absolute atomic E-state index is 0.00180. The normalized spacial score (nSPS) is 11.7. The Balaban J connectivity index is 2.28. The molecule has 0 aliphatic carbocycles. The standard InChI is InChI=1S/C20H22N2S/c1-13-5-7-15(8-6-13)17-16(14-9-11-21-12-10-14)18(23)19(22-17)20(2,3)4/h5-12,22-23H,1-4H3. The number of benzene rings is 1. The van der Waals surface area contributed by atoms with Gasteiger partial charge in [0, 0.05) is 34.0 Å². The molecule has 0 aliphatic heterocycles. The number of pyridine rings is 1. The first-order chi connectivity index (χ1) is 10.9. The van der Waals surface area contributed by atoms with E-state index < -0.39 is 0 Å². The molecule has 2 heterocycles. The van der Waals surface area contributed by atoms with Gasteiger partial charge in [0.25, 0.3) is 0 Å². The van der Waals surface area contributed by atoms with Crippen LogP contribution in [0.5, 0.6) is 0 Å². The van der Waals surface area contributed by atoms with Crippen molar-refractivity contribution in [1.82, 2.24) is 9.97 Å². The van der Waals surface area contributed by atoms with Gasteiger partial charge in [0.05, 0.1) is 5.69 Å². The van der Waals surface area contributed by atoms with Crippen LogP contribution in [-0.2, 0) is 5.41 Å². The average molecular weight is 322 g/mol. The summed E-state index contributed by atoms with van der Waals surface area (Å²) in [5, 5.41) is 0. The fourth-order valence-electron chi connectivity index (χ4n) is 2.77. The first kappa shape index (κ1) is 15.9. The number of aromatic amines is 1. The van der Waals surface area contributed by atoms with Gasteiger partial charge >= 0.3 is 0 Å². The third-order valence-electron chi connectivity index (χ3n) is 4.03. The second-order valence-corrected chi connectivity index (χ2v) is 7.40. The molecule has 0 unspecified atom stereocenters. The van der Waals surface area contributed by atoms with Crippen LogP contribution in [-0.4, -0.2) is 9.97 Å². The molecular weight excluding hydrogens is 300 g/mol. The number of aryl methyl sites for hydroxylation is 1. The summed E-state index contributed by atoms with van der Waals surface area (Å²) >= 11 is 4.86. The lowest BCUT2D eigenvalue weighted by atomic mass is 9.91. The number of nitrogens with zero attached hydrogens (tertiary/aromatic N) is 1. The van der Waals surface area contributed by atoms with Crippen molar-refractivity contribution in [2.24, 2.45) is 0 Å². The van der Waals surface area contributed by atoms with Crippen molar-refractivity contribution in [1.29, 1.82) is 0 Å². The summed E-state index contributed by atoms with van der Waals surface area (Å²) in [7, 11) is 0. The summed E-state index contributed by atoms with van der Waals surface area (Å²) in [5.74, 6) is 0. The Kier molecular flexibility index (Phi) is 4.07. The molecular formula is C20H22N2S. The molecule has 0 fully saturated rings. The van der Waals surface area contributed by atoms with E-state index in [1.165, 1.54) is 11.1 Å². The van der Waals surface area contributed by atoms with Crippen LogP contribution in [0, 0.1) is 6.92 Å². The molecule has 3 heteroatoms. The van der Waals surface area contributed by atoms with E-state index in [-0.39, 0.29) is 5.41 Å². The lowest BCUT2D eigenvalue weighted by molar-refractivity contribution is 0.562. The largest absolute Gasteiger partial charge is 0.357 e. The number of hydrogen-bond acceptors (Lipinski definition) is 2. The fraction of sp³-hybridized carbons (Fsp3) is 0.250. The topological polar surface area (TPSA) is 28.7 Å². The monoisotopic (exact) mass is 322 g/mol. The second-order valence-electron chi connectivity index (χ2n) is 6.95. The maximum absolute atomic E-state index is 4.86. The van der Waals surface area contributed by atoms with Gasteiger partial charge in [-0.2, -0.15) is 0 Å². The van der Waals surface area contributed by atoms with E-state index in [1.807, 2.05) is 24.5 Å². The van der Waals surface area contributed by atoms with Gasteiger partial charge in [0.1, 0.15) is 0 Å². The highest BCUT2D eigenvalue weighted by Gasteiger charge is 2.25. The van der Waals surface area contributed by atoms with Gasteiger partial charge < -0.3 is 4.98 Å². The molecule has 0 aliphatic rings. The Labute approximate surface area is 143 Å². The number of rotatable bonds is 2. The Morgan fingerprint density at radius 1 is 0.913 bits per heavy atom. The van der Waals surface area contributed by atoms with Crippen LogP contribution < -0.4 is 0 Å². The van der Waals surface area contributed by atoms with Crippen LogP contribution in [0.2, 0.25) is 0 Å². The van der Waals surface area contributed by atoms with Gasteiger partial charge in [-0.3, -0.25) is 4.98 Å². The highest BCUT2D eigenvalue weighted by molar-refractivity contribution is 7.80. The number of hydrogen-bond donors (Lipinski definition) is 2. The minimum Gasteiger partial charge on any atom is -0.357 e. The zero-order chi connectivity index (χ0) is 16.6. The van der Waals surface area contributed by atoms with E-state index in [1.54, 1.807) is 0 Å². The summed E-state index contributed by atoms with van der Waals surface area (Å²) in [6.45, 7) is 8.71. The van der Waals surface area contributed by atoms with Gasteiger partial charge in [-0.05, 0) is 30.2 Å². The smallest absolute Gasteiger partial charge is 0.0547 e. The van der Waals surface area contributed by atoms with Crippen LogP contribution in [0.1, 0.15) is 32.0 Å².